The Labute approximate surface area is 200 Å². The van der Waals surface area contributed by atoms with Gasteiger partial charge < -0.3 is 10.1 Å². The van der Waals surface area contributed by atoms with Crippen LogP contribution in [0.5, 0.6) is 11.5 Å². The van der Waals surface area contributed by atoms with E-state index in [1.54, 1.807) is 12.1 Å². The Morgan fingerprint density at radius 2 is 1.70 bits per heavy atom. The van der Waals surface area contributed by atoms with E-state index in [1.807, 2.05) is 0 Å². The zero-order valence-electron chi connectivity index (χ0n) is 17.5. The molecule has 6 nitrogen and oxygen atoms in total. The lowest BCUT2D eigenvalue weighted by Crippen LogP contribution is -2.14. The standard InChI is InChI=1S/C23H18Cl2FNO5S/c1-13(28)15-8-16(26)10-18(9-15)32-23-20(24)11-17(12-21(23)25)27-22(29)7-14-4-3-5-19(6-14)33(2,30)31/h3-6,8-12H,7H2,1-2H3,(H,27,29). The highest BCUT2D eigenvalue weighted by Gasteiger charge is 2.15. The minimum Gasteiger partial charge on any atom is -0.454 e. The second kappa shape index (κ2) is 9.91. The Hall–Kier alpha value is -2.94. The molecule has 0 aliphatic carbocycles. The van der Waals surface area contributed by atoms with E-state index < -0.39 is 21.6 Å². The molecular weight excluding hydrogens is 492 g/mol. The SMILES string of the molecule is CC(=O)c1cc(F)cc(Oc2c(Cl)cc(NC(=O)Cc3cccc(S(C)(=O)=O)c3)cc2Cl)c1. The zero-order valence-corrected chi connectivity index (χ0v) is 19.8. The third kappa shape index (κ3) is 6.54. The molecule has 3 aromatic rings. The molecule has 1 amide bonds. The number of hydrogen-bond donors (Lipinski definition) is 1. The summed E-state index contributed by atoms with van der Waals surface area (Å²) in [5.74, 6) is -1.35. The molecule has 0 spiro atoms. The first kappa shape index (κ1) is 24.7. The Morgan fingerprint density at radius 3 is 2.30 bits per heavy atom. The van der Waals surface area contributed by atoms with Gasteiger partial charge in [-0.1, -0.05) is 35.3 Å². The number of carbonyl (C=O) groups excluding carboxylic acids is 2. The number of benzene rings is 3. The first-order valence-electron chi connectivity index (χ1n) is 9.49. The van der Waals surface area contributed by atoms with Gasteiger partial charge in [0.1, 0.15) is 11.6 Å². The first-order valence-corrected chi connectivity index (χ1v) is 12.1. The van der Waals surface area contributed by atoms with Crippen LogP contribution < -0.4 is 10.1 Å². The van der Waals surface area contributed by atoms with Gasteiger partial charge in [-0.2, -0.15) is 0 Å². The van der Waals surface area contributed by atoms with Crippen molar-refractivity contribution < 1.29 is 27.1 Å². The van der Waals surface area contributed by atoms with E-state index in [4.69, 9.17) is 27.9 Å². The van der Waals surface area contributed by atoms with Crippen molar-refractivity contribution in [3.05, 3.63) is 81.6 Å². The van der Waals surface area contributed by atoms with Crippen molar-refractivity contribution in [3.8, 4) is 11.5 Å². The second-order valence-electron chi connectivity index (χ2n) is 7.25. The van der Waals surface area contributed by atoms with E-state index in [0.29, 0.717) is 5.56 Å². The number of hydrogen-bond acceptors (Lipinski definition) is 5. The minimum absolute atomic E-state index is 0.0253. The van der Waals surface area contributed by atoms with Crippen LogP contribution in [-0.2, 0) is 21.1 Å². The maximum absolute atomic E-state index is 13.8. The molecule has 0 bridgehead atoms. The van der Waals surface area contributed by atoms with E-state index >= 15 is 0 Å². The van der Waals surface area contributed by atoms with Crippen LogP contribution in [0.4, 0.5) is 10.1 Å². The highest BCUT2D eigenvalue weighted by atomic mass is 35.5. The highest BCUT2D eigenvalue weighted by molar-refractivity contribution is 7.90. The van der Waals surface area contributed by atoms with Gasteiger partial charge in [-0.25, -0.2) is 12.8 Å². The molecule has 0 aliphatic heterocycles. The molecule has 172 valence electrons. The third-order valence-corrected chi connectivity index (χ3v) is 6.14. The summed E-state index contributed by atoms with van der Waals surface area (Å²) in [4.78, 5) is 24.1. The third-order valence-electron chi connectivity index (χ3n) is 4.47. The molecule has 3 rings (SSSR count). The van der Waals surface area contributed by atoms with E-state index in [9.17, 15) is 22.4 Å². The van der Waals surface area contributed by atoms with Crippen LogP contribution in [0.1, 0.15) is 22.8 Å². The van der Waals surface area contributed by atoms with E-state index in [-0.39, 0.29) is 49.9 Å². The topological polar surface area (TPSA) is 89.5 Å². The predicted molar refractivity (Wildman–Crippen MR) is 125 cm³/mol. The molecule has 0 aromatic heterocycles. The van der Waals surface area contributed by atoms with Crippen LogP contribution in [0.3, 0.4) is 0 Å². The maximum Gasteiger partial charge on any atom is 0.228 e. The average molecular weight is 510 g/mol. The summed E-state index contributed by atoms with van der Waals surface area (Å²) in [5, 5.41) is 2.73. The van der Waals surface area contributed by atoms with Crippen molar-refractivity contribution in [2.45, 2.75) is 18.2 Å². The van der Waals surface area contributed by atoms with Crippen molar-refractivity contribution in [2.24, 2.45) is 0 Å². The van der Waals surface area contributed by atoms with Crippen LogP contribution >= 0.6 is 23.2 Å². The van der Waals surface area contributed by atoms with Crippen molar-refractivity contribution in [2.75, 3.05) is 11.6 Å². The molecule has 0 saturated heterocycles. The number of rotatable bonds is 7. The Balaban J connectivity index is 1.77. The van der Waals surface area contributed by atoms with Gasteiger partial charge in [0.2, 0.25) is 5.91 Å². The molecule has 1 N–H and O–H groups in total. The number of amides is 1. The van der Waals surface area contributed by atoms with Crippen LogP contribution in [0.15, 0.2) is 59.5 Å². The van der Waals surface area contributed by atoms with E-state index in [1.165, 1.54) is 37.3 Å². The quantitative estimate of drug-likeness (QED) is 0.411. The normalized spacial score (nSPS) is 11.2. The molecule has 0 saturated carbocycles. The maximum atomic E-state index is 13.8. The van der Waals surface area contributed by atoms with Gasteiger partial charge in [-0.3, -0.25) is 9.59 Å². The Bertz CT molecular complexity index is 1340. The summed E-state index contributed by atoms with van der Waals surface area (Å²) in [6.45, 7) is 1.30. The van der Waals surface area contributed by atoms with Gasteiger partial charge >= 0.3 is 0 Å². The highest BCUT2D eigenvalue weighted by Crippen LogP contribution is 2.39. The zero-order chi connectivity index (χ0) is 24.3. The fourth-order valence-electron chi connectivity index (χ4n) is 2.95. The smallest absolute Gasteiger partial charge is 0.228 e. The van der Waals surface area contributed by atoms with Crippen molar-refractivity contribution in [1.82, 2.24) is 0 Å². The minimum atomic E-state index is -3.39. The van der Waals surface area contributed by atoms with Gasteiger partial charge in [-0.05, 0) is 48.9 Å². The lowest BCUT2D eigenvalue weighted by atomic mass is 10.1. The summed E-state index contributed by atoms with van der Waals surface area (Å²) >= 11 is 12.5. The largest absolute Gasteiger partial charge is 0.454 e. The molecule has 3 aromatic carbocycles. The summed E-state index contributed by atoms with van der Waals surface area (Å²) in [6, 6.07) is 12.4. The molecule has 33 heavy (non-hydrogen) atoms. The number of nitrogens with one attached hydrogen (secondary N) is 1. The second-order valence-corrected chi connectivity index (χ2v) is 10.1. The number of carbonyl (C=O) groups is 2. The van der Waals surface area contributed by atoms with Crippen LogP contribution in [-0.4, -0.2) is 26.4 Å². The van der Waals surface area contributed by atoms with Crippen molar-refractivity contribution >= 4 is 50.4 Å². The van der Waals surface area contributed by atoms with Gasteiger partial charge in [0, 0.05) is 23.6 Å². The van der Waals surface area contributed by atoms with Crippen LogP contribution in [0.25, 0.3) is 0 Å². The molecular formula is C23H18Cl2FNO5S. The van der Waals surface area contributed by atoms with Gasteiger partial charge in [0.15, 0.2) is 21.4 Å². The first-order chi connectivity index (χ1) is 15.4. The number of halogens is 3. The van der Waals surface area contributed by atoms with Crippen molar-refractivity contribution in [1.29, 1.82) is 0 Å². The van der Waals surface area contributed by atoms with Crippen LogP contribution in [0, 0.1) is 5.82 Å². The lowest BCUT2D eigenvalue weighted by molar-refractivity contribution is -0.115. The molecule has 0 unspecified atom stereocenters. The molecule has 0 fully saturated rings. The number of sulfone groups is 1. The number of ketones is 1. The molecule has 0 heterocycles. The average Bonchev–Trinajstić information content (AvgIpc) is 2.70. The lowest BCUT2D eigenvalue weighted by Gasteiger charge is -2.13. The number of anilines is 1. The van der Waals surface area contributed by atoms with E-state index in [0.717, 1.165) is 18.4 Å². The van der Waals surface area contributed by atoms with Gasteiger partial charge in [0.25, 0.3) is 0 Å². The monoisotopic (exact) mass is 509 g/mol. The predicted octanol–water partition coefficient (Wildman–Crippen LogP) is 5.71. The van der Waals surface area contributed by atoms with Crippen molar-refractivity contribution in [3.63, 3.8) is 0 Å². The summed E-state index contributed by atoms with van der Waals surface area (Å²) in [7, 11) is -3.39. The summed E-state index contributed by atoms with van der Waals surface area (Å²) in [6.07, 6.45) is 1.01. The Kier molecular flexibility index (Phi) is 7.41. The van der Waals surface area contributed by atoms with Gasteiger partial charge in [0.05, 0.1) is 21.4 Å². The molecule has 0 atom stereocenters. The summed E-state index contributed by atoms with van der Waals surface area (Å²) < 4.78 is 42.8. The van der Waals surface area contributed by atoms with Gasteiger partial charge in [-0.15, -0.1) is 0 Å². The fourth-order valence-corrected chi connectivity index (χ4v) is 4.20. The number of Topliss-reactive ketones (excluding diaryl/α,β-unsaturated/α-hetero) is 1. The molecule has 0 radical (unpaired) electrons. The number of ether oxygens (including phenoxy) is 1. The molecule has 0 aliphatic rings. The Morgan fingerprint density at radius 1 is 1.03 bits per heavy atom. The van der Waals surface area contributed by atoms with E-state index in [2.05, 4.69) is 5.32 Å². The molecule has 10 heteroatoms. The summed E-state index contributed by atoms with van der Waals surface area (Å²) in [5.41, 5.74) is 0.923. The van der Waals surface area contributed by atoms with Crippen LogP contribution in [0.2, 0.25) is 10.0 Å². The fraction of sp³-hybridized carbons (Fsp3) is 0.130.